The van der Waals surface area contributed by atoms with Crippen molar-refractivity contribution >= 4 is 17.4 Å². The van der Waals surface area contributed by atoms with E-state index in [-0.39, 0.29) is 12.1 Å². The van der Waals surface area contributed by atoms with Gasteiger partial charge in [-0.2, -0.15) is 0 Å². The van der Waals surface area contributed by atoms with Crippen molar-refractivity contribution in [3.8, 4) is 0 Å². The third-order valence-corrected chi connectivity index (χ3v) is 3.57. The molecule has 4 heteroatoms. The Labute approximate surface area is 122 Å². The molecule has 4 nitrogen and oxygen atoms in total. The summed E-state index contributed by atoms with van der Waals surface area (Å²) < 4.78 is 0. The number of amides is 2. The van der Waals surface area contributed by atoms with E-state index in [0.29, 0.717) is 0 Å². The standard InChI is InChI=1S/C16H27N3O/c1-5-13(6-2)17-16(20)18-14-9-11-15(12-10-14)19(7-3)8-4/h9-13H,5-8H2,1-4H3,(H2,17,18,20). The summed E-state index contributed by atoms with van der Waals surface area (Å²) in [5, 5.41) is 5.84. The summed E-state index contributed by atoms with van der Waals surface area (Å²) in [7, 11) is 0. The molecule has 0 aliphatic heterocycles. The number of urea groups is 1. The van der Waals surface area contributed by atoms with Gasteiger partial charge in [0.05, 0.1) is 0 Å². The molecule has 0 saturated heterocycles. The summed E-state index contributed by atoms with van der Waals surface area (Å²) in [6, 6.07) is 8.08. The van der Waals surface area contributed by atoms with Crippen LogP contribution in [0.5, 0.6) is 0 Å². The summed E-state index contributed by atoms with van der Waals surface area (Å²) >= 11 is 0. The predicted octanol–water partition coefficient (Wildman–Crippen LogP) is 3.84. The number of carbonyl (C=O) groups is 1. The highest BCUT2D eigenvalue weighted by Crippen LogP contribution is 2.17. The van der Waals surface area contributed by atoms with Gasteiger partial charge in [-0.25, -0.2) is 4.79 Å². The Morgan fingerprint density at radius 2 is 1.60 bits per heavy atom. The maximum atomic E-state index is 11.8. The second kappa shape index (κ2) is 8.46. The minimum absolute atomic E-state index is 0.130. The molecule has 1 aromatic rings. The van der Waals surface area contributed by atoms with Gasteiger partial charge in [-0.05, 0) is 51.0 Å². The van der Waals surface area contributed by atoms with Crippen molar-refractivity contribution in [1.29, 1.82) is 0 Å². The number of carbonyl (C=O) groups excluding carboxylic acids is 1. The van der Waals surface area contributed by atoms with Crippen LogP contribution in [0.2, 0.25) is 0 Å². The topological polar surface area (TPSA) is 44.4 Å². The average molecular weight is 277 g/mol. The maximum absolute atomic E-state index is 11.8. The molecule has 2 N–H and O–H groups in total. The molecule has 0 saturated carbocycles. The van der Waals surface area contributed by atoms with Gasteiger partial charge in [-0.1, -0.05) is 13.8 Å². The van der Waals surface area contributed by atoms with Crippen LogP contribution < -0.4 is 15.5 Å². The van der Waals surface area contributed by atoms with Gasteiger partial charge in [-0.15, -0.1) is 0 Å². The van der Waals surface area contributed by atoms with E-state index in [2.05, 4.69) is 43.2 Å². The van der Waals surface area contributed by atoms with E-state index >= 15 is 0 Å². The van der Waals surface area contributed by atoms with Crippen LogP contribution in [-0.2, 0) is 0 Å². The highest BCUT2D eigenvalue weighted by molar-refractivity contribution is 5.89. The zero-order valence-corrected chi connectivity index (χ0v) is 13.1. The molecule has 0 radical (unpaired) electrons. The lowest BCUT2D eigenvalue weighted by atomic mass is 10.2. The van der Waals surface area contributed by atoms with E-state index in [1.54, 1.807) is 0 Å². The van der Waals surface area contributed by atoms with E-state index in [4.69, 9.17) is 0 Å². The molecule has 0 heterocycles. The number of nitrogens with zero attached hydrogens (tertiary/aromatic N) is 1. The molecule has 0 aliphatic carbocycles. The lowest BCUT2D eigenvalue weighted by Gasteiger charge is -2.21. The average Bonchev–Trinajstić information content (AvgIpc) is 2.47. The quantitative estimate of drug-likeness (QED) is 0.795. The van der Waals surface area contributed by atoms with E-state index in [1.165, 1.54) is 5.69 Å². The fraction of sp³-hybridized carbons (Fsp3) is 0.562. The van der Waals surface area contributed by atoms with E-state index in [1.807, 2.05) is 24.3 Å². The van der Waals surface area contributed by atoms with Crippen LogP contribution in [0.15, 0.2) is 24.3 Å². The zero-order valence-electron chi connectivity index (χ0n) is 13.1. The van der Waals surface area contributed by atoms with Gasteiger partial charge in [-0.3, -0.25) is 0 Å². The summed E-state index contributed by atoms with van der Waals surface area (Å²) in [4.78, 5) is 14.1. The van der Waals surface area contributed by atoms with Gasteiger partial charge in [0.2, 0.25) is 0 Å². The summed E-state index contributed by atoms with van der Waals surface area (Å²) in [5.74, 6) is 0. The molecule has 0 aromatic heterocycles. The number of rotatable bonds is 7. The van der Waals surface area contributed by atoms with Crippen LogP contribution in [-0.4, -0.2) is 25.2 Å². The Bertz CT molecular complexity index is 395. The molecule has 112 valence electrons. The van der Waals surface area contributed by atoms with Gasteiger partial charge in [0.1, 0.15) is 0 Å². The van der Waals surface area contributed by atoms with Crippen LogP contribution in [0, 0.1) is 0 Å². The summed E-state index contributed by atoms with van der Waals surface area (Å²) in [5.41, 5.74) is 2.00. The lowest BCUT2D eigenvalue weighted by Crippen LogP contribution is -2.37. The Morgan fingerprint density at radius 1 is 1.05 bits per heavy atom. The van der Waals surface area contributed by atoms with Gasteiger partial charge >= 0.3 is 6.03 Å². The molecule has 0 spiro atoms. The first-order valence-electron chi connectivity index (χ1n) is 7.57. The SMILES string of the molecule is CCC(CC)NC(=O)Nc1ccc(N(CC)CC)cc1. The van der Waals surface area contributed by atoms with Crippen LogP contribution in [0.4, 0.5) is 16.2 Å². The van der Waals surface area contributed by atoms with Crippen molar-refractivity contribution in [2.45, 2.75) is 46.6 Å². The molecule has 0 bridgehead atoms. The number of anilines is 2. The second-order valence-corrected chi connectivity index (χ2v) is 4.83. The molecular formula is C16H27N3O. The highest BCUT2D eigenvalue weighted by atomic mass is 16.2. The number of benzene rings is 1. The Kier molecular flexibility index (Phi) is 6.91. The van der Waals surface area contributed by atoms with Crippen LogP contribution >= 0.6 is 0 Å². The minimum atomic E-state index is -0.130. The monoisotopic (exact) mass is 277 g/mol. The molecule has 0 atom stereocenters. The highest BCUT2D eigenvalue weighted by Gasteiger charge is 2.08. The molecule has 0 fully saturated rings. The molecule has 0 aliphatic rings. The Hall–Kier alpha value is -1.71. The second-order valence-electron chi connectivity index (χ2n) is 4.83. The number of hydrogen-bond acceptors (Lipinski definition) is 2. The Morgan fingerprint density at radius 3 is 2.05 bits per heavy atom. The fourth-order valence-corrected chi connectivity index (χ4v) is 2.19. The van der Waals surface area contributed by atoms with E-state index < -0.39 is 0 Å². The zero-order chi connectivity index (χ0) is 15.0. The molecule has 1 aromatic carbocycles. The van der Waals surface area contributed by atoms with Gasteiger partial charge in [0, 0.05) is 30.5 Å². The van der Waals surface area contributed by atoms with Crippen molar-refractivity contribution in [1.82, 2.24) is 5.32 Å². The lowest BCUT2D eigenvalue weighted by molar-refractivity contribution is 0.247. The molecule has 20 heavy (non-hydrogen) atoms. The van der Waals surface area contributed by atoms with Crippen molar-refractivity contribution < 1.29 is 4.79 Å². The first-order valence-corrected chi connectivity index (χ1v) is 7.57. The summed E-state index contributed by atoms with van der Waals surface area (Å²) in [6.07, 6.45) is 1.90. The van der Waals surface area contributed by atoms with Crippen molar-refractivity contribution in [3.63, 3.8) is 0 Å². The molecule has 1 rings (SSSR count). The van der Waals surface area contributed by atoms with Crippen LogP contribution in [0.1, 0.15) is 40.5 Å². The van der Waals surface area contributed by atoms with E-state index in [9.17, 15) is 4.79 Å². The van der Waals surface area contributed by atoms with Gasteiger partial charge in [0.15, 0.2) is 0 Å². The maximum Gasteiger partial charge on any atom is 0.319 e. The van der Waals surface area contributed by atoms with E-state index in [0.717, 1.165) is 31.6 Å². The van der Waals surface area contributed by atoms with Gasteiger partial charge < -0.3 is 15.5 Å². The first kappa shape index (κ1) is 16.3. The smallest absolute Gasteiger partial charge is 0.319 e. The normalized spacial score (nSPS) is 10.4. The fourth-order valence-electron chi connectivity index (χ4n) is 2.19. The van der Waals surface area contributed by atoms with Crippen molar-refractivity contribution in [2.24, 2.45) is 0 Å². The number of hydrogen-bond donors (Lipinski definition) is 2. The predicted molar refractivity (Wildman–Crippen MR) is 86.5 cm³/mol. The molecule has 2 amide bonds. The molecule has 0 unspecified atom stereocenters. The largest absolute Gasteiger partial charge is 0.372 e. The van der Waals surface area contributed by atoms with Crippen LogP contribution in [0.25, 0.3) is 0 Å². The van der Waals surface area contributed by atoms with Gasteiger partial charge in [0.25, 0.3) is 0 Å². The summed E-state index contributed by atoms with van der Waals surface area (Å²) in [6.45, 7) is 10.4. The first-order chi connectivity index (χ1) is 9.64. The molecular weight excluding hydrogens is 250 g/mol. The number of nitrogens with one attached hydrogen (secondary N) is 2. The minimum Gasteiger partial charge on any atom is -0.372 e. The Balaban J connectivity index is 2.59. The van der Waals surface area contributed by atoms with Crippen molar-refractivity contribution in [2.75, 3.05) is 23.3 Å². The van der Waals surface area contributed by atoms with Crippen LogP contribution in [0.3, 0.4) is 0 Å². The third-order valence-electron chi connectivity index (χ3n) is 3.57. The van der Waals surface area contributed by atoms with Crippen molar-refractivity contribution in [3.05, 3.63) is 24.3 Å². The third kappa shape index (κ3) is 4.76.